The maximum Gasteiger partial charge on any atom is 0.279 e. The summed E-state index contributed by atoms with van der Waals surface area (Å²) in [5, 5.41) is -0.389. The molecule has 0 spiro atoms. The van der Waals surface area contributed by atoms with E-state index in [1.54, 1.807) is 0 Å². The van der Waals surface area contributed by atoms with Crippen LogP contribution in [0.5, 0.6) is 0 Å². The number of fused-ring (bicyclic) bond motifs is 2. The lowest BCUT2D eigenvalue weighted by molar-refractivity contribution is -0.128. The molecule has 0 aromatic heterocycles. The van der Waals surface area contributed by atoms with E-state index in [1.165, 1.54) is 0 Å². The molecule has 0 N–H and O–H groups in total. The zero-order valence-corrected chi connectivity index (χ0v) is 15.3. The molecule has 3 rings (SSSR count). The molecule has 0 aromatic rings. The van der Waals surface area contributed by atoms with E-state index in [9.17, 15) is 18.0 Å². The summed E-state index contributed by atoms with van der Waals surface area (Å²) in [6, 6.07) is 0. The summed E-state index contributed by atoms with van der Waals surface area (Å²) < 4.78 is 30.0. The van der Waals surface area contributed by atoms with Gasteiger partial charge in [-0.15, -0.1) is 0 Å². The maximum atomic E-state index is 12.4. The molecule has 7 heteroatoms. The zero-order chi connectivity index (χ0) is 16.9. The molecule has 5 nitrogen and oxygen atoms in total. The van der Waals surface area contributed by atoms with E-state index in [2.05, 4.69) is 0 Å². The summed E-state index contributed by atoms with van der Waals surface area (Å²) in [7, 11) is -3.85. The van der Waals surface area contributed by atoms with E-state index in [-0.39, 0.29) is 33.9 Å². The Balaban J connectivity index is 1.69. The first kappa shape index (κ1) is 17.4. The van der Waals surface area contributed by atoms with Crippen molar-refractivity contribution in [1.82, 2.24) is 0 Å². The van der Waals surface area contributed by atoms with E-state index in [0.717, 1.165) is 31.3 Å². The van der Waals surface area contributed by atoms with Gasteiger partial charge in [-0.05, 0) is 37.0 Å². The van der Waals surface area contributed by atoms with Gasteiger partial charge in [-0.1, -0.05) is 20.3 Å². The highest BCUT2D eigenvalue weighted by molar-refractivity contribution is 8.05. The maximum absolute atomic E-state index is 12.4. The van der Waals surface area contributed by atoms with Gasteiger partial charge < -0.3 is 0 Å². The number of carbonyl (C=O) groups is 2. The normalized spacial score (nSPS) is 36.6. The Morgan fingerprint density at radius 2 is 1.96 bits per heavy atom. The van der Waals surface area contributed by atoms with Gasteiger partial charge in [-0.2, -0.15) is 12.0 Å². The van der Waals surface area contributed by atoms with Gasteiger partial charge in [-0.3, -0.25) is 9.59 Å². The van der Waals surface area contributed by atoms with Crippen LogP contribution >= 0.6 is 12.0 Å². The topological polar surface area (TPSA) is 77.5 Å². The van der Waals surface area contributed by atoms with Crippen LogP contribution in [0, 0.1) is 16.7 Å². The molecule has 3 unspecified atom stereocenters. The van der Waals surface area contributed by atoms with Gasteiger partial charge in [0, 0.05) is 24.9 Å². The van der Waals surface area contributed by atoms with Gasteiger partial charge in [-0.25, -0.2) is 0 Å². The first-order valence-corrected chi connectivity index (χ1v) is 10.7. The molecule has 3 saturated carbocycles. The van der Waals surface area contributed by atoms with Crippen LogP contribution in [-0.2, 0) is 23.3 Å². The number of Topliss-reactive ketones (excluding diaryl/α,β-unsaturated/α-hetero) is 2. The van der Waals surface area contributed by atoms with Crippen LogP contribution in [0.1, 0.15) is 58.8 Å². The highest BCUT2D eigenvalue weighted by Crippen LogP contribution is 2.64. The van der Waals surface area contributed by atoms with Crippen molar-refractivity contribution in [3.63, 3.8) is 0 Å². The van der Waals surface area contributed by atoms with E-state index >= 15 is 0 Å². The van der Waals surface area contributed by atoms with E-state index in [1.807, 2.05) is 13.8 Å². The highest BCUT2D eigenvalue weighted by atomic mass is 32.3. The van der Waals surface area contributed by atoms with Crippen LogP contribution in [0.4, 0.5) is 0 Å². The summed E-state index contributed by atoms with van der Waals surface area (Å²) in [6.07, 6.45) is 4.97. The van der Waals surface area contributed by atoms with Crippen molar-refractivity contribution in [2.45, 2.75) is 64.0 Å². The van der Waals surface area contributed by atoms with E-state index < -0.39 is 15.5 Å². The van der Waals surface area contributed by atoms with Crippen LogP contribution < -0.4 is 0 Å². The Labute approximate surface area is 142 Å². The average Bonchev–Trinajstić information content (AvgIpc) is 2.80. The molecule has 3 atom stereocenters. The number of hydrogen-bond donors (Lipinski definition) is 0. The van der Waals surface area contributed by atoms with Gasteiger partial charge in [0.05, 0.1) is 16.4 Å². The number of rotatable bonds is 5. The SMILES string of the molecule is CC1(C)C2CCC1(CS(=O)(=O)OSC1CCCCC1=O)C(=O)C2. The molecule has 0 radical (unpaired) electrons. The molecule has 0 aliphatic heterocycles. The fourth-order valence-corrected chi connectivity index (χ4v) is 7.41. The van der Waals surface area contributed by atoms with Crippen molar-refractivity contribution >= 4 is 33.7 Å². The minimum atomic E-state index is -3.85. The number of ketones is 2. The smallest absolute Gasteiger partial charge is 0.279 e. The summed E-state index contributed by atoms with van der Waals surface area (Å²) in [4.78, 5) is 24.2. The third kappa shape index (κ3) is 2.89. The monoisotopic (exact) mass is 360 g/mol. The summed E-state index contributed by atoms with van der Waals surface area (Å²) in [6.45, 7) is 4.01. The lowest BCUT2D eigenvalue weighted by Gasteiger charge is -2.35. The van der Waals surface area contributed by atoms with Crippen LogP contribution in [0.15, 0.2) is 0 Å². The number of hydrogen-bond acceptors (Lipinski definition) is 6. The molecule has 130 valence electrons. The Bertz CT molecular complexity index is 624. The van der Waals surface area contributed by atoms with Crippen molar-refractivity contribution in [2.24, 2.45) is 16.7 Å². The molecule has 3 aliphatic carbocycles. The third-order valence-corrected chi connectivity index (χ3v) is 9.04. The zero-order valence-electron chi connectivity index (χ0n) is 13.7. The fourth-order valence-electron chi connectivity index (χ4n) is 4.59. The van der Waals surface area contributed by atoms with Crippen molar-refractivity contribution in [3.8, 4) is 0 Å². The predicted molar refractivity (Wildman–Crippen MR) is 88.3 cm³/mol. The minimum Gasteiger partial charge on any atom is -0.299 e. The Morgan fingerprint density at radius 1 is 1.22 bits per heavy atom. The summed E-state index contributed by atoms with van der Waals surface area (Å²) >= 11 is 0.771. The molecule has 3 fully saturated rings. The molecular formula is C16H24O5S2. The number of carbonyl (C=O) groups excluding carboxylic acids is 2. The van der Waals surface area contributed by atoms with Crippen molar-refractivity contribution in [2.75, 3.05) is 5.75 Å². The van der Waals surface area contributed by atoms with Gasteiger partial charge >= 0.3 is 0 Å². The quantitative estimate of drug-likeness (QED) is 0.702. The lowest BCUT2D eigenvalue weighted by Crippen LogP contribution is -2.42. The van der Waals surface area contributed by atoms with Gasteiger partial charge in [0.1, 0.15) is 11.6 Å². The van der Waals surface area contributed by atoms with Crippen LogP contribution in [0.2, 0.25) is 0 Å². The largest absolute Gasteiger partial charge is 0.299 e. The highest BCUT2D eigenvalue weighted by Gasteiger charge is 2.65. The molecule has 3 aliphatic rings. The minimum absolute atomic E-state index is 0.0599. The summed E-state index contributed by atoms with van der Waals surface area (Å²) in [5.74, 6) is 0.145. The third-order valence-electron chi connectivity index (χ3n) is 6.32. The molecule has 2 bridgehead atoms. The second-order valence-electron chi connectivity index (χ2n) is 7.73. The van der Waals surface area contributed by atoms with Crippen molar-refractivity contribution in [3.05, 3.63) is 0 Å². The van der Waals surface area contributed by atoms with Crippen LogP contribution in [0.3, 0.4) is 0 Å². The molecule has 0 saturated heterocycles. The van der Waals surface area contributed by atoms with E-state index in [0.29, 0.717) is 25.7 Å². The van der Waals surface area contributed by atoms with Crippen LogP contribution in [0.25, 0.3) is 0 Å². The van der Waals surface area contributed by atoms with Crippen molar-refractivity contribution in [1.29, 1.82) is 0 Å². The van der Waals surface area contributed by atoms with Gasteiger partial charge in [0.15, 0.2) is 0 Å². The predicted octanol–water partition coefficient (Wildman–Crippen LogP) is 2.89. The molecule has 0 heterocycles. The van der Waals surface area contributed by atoms with E-state index in [4.69, 9.17) is 3.63 Å². The van der Waals surface area contributed by atoms with Crippen LogP contribution in [-0.4, -0.2) is 31.0 Å². The Morgan fingerprint density at radius 3 is 2.52 bits per heavy atom. The van der Waals surface area contributed by atoms with Gasteiger partial charge in [0.2, 0.25) is 0 Å². The van der Waals surface area contributed by atoms with Crippen molar-refractivity contribution < 1.29 is 21.6 Å². The second-order valence-corrected chi connectivity index (χ2v) is 10.4. The second kappa shape index (κ2) is 5.85. The average molecular weight is 360 g/mol. The Hall–Kier alpha value is -0.400. The standard InChI is InChI=1S/C16H24O5S2/c1-15(2)11-7-8-16(15,14(18)9-11)10-23(19,20)21-22-13-6-4-3-5-12(13)17/h11,13H,3-10H2,1-2H3. The van der Waals surface area contributed by atoms with Gasteiger partial charge in [0.25, 0.3) is 10.1 Å². The molecular weight excluding hydrogens is 336 g/mol. The Kier molecular flexibility index (Phi) is 4.43. The lowest BCUT2D eigenvalue weighted by atomic mass is 9.70. The molecule has 23 heavy (non-hydrogen) atoms. The molecule has 0 aromatic carbocycles. The molecule has 0 amide bonds. The first-order chi connectivity index (χ1) is 10.7. The fraction of sp³-hybridized carbons (Fsp3) is 0.875. The summed E-state index contributed by atoms with van der Waals surface area (Å²) in [5.41, 5.74) is -1.11. The first-order valence-electron chi connectivity index (χ1n) is 8.32.